The minimum absolute atomic E-state index is 0.214. The van der Waals surface area contributed by atoms with E-state index in [1.165, 1.54) is 6.20 Å². The van der Waals surface area contributed by atoms with Crippen molar-refractivity contribution < 1.29 is 0 Å². The minimum Gasteiger partial charge on any atom is -0.361 e. The van der Waals surface area contributed by atoms with Crippen molar-refractivity contribution in [2.24, 2.45) is 0 Å². The summed E-state index contributed by atoms with van der Waals surface area (Å²) in [5.74, 6) is 0.332. The molecule has 0 saturated heterocycles. The Bertz CT molecular complexity index is 535. The third-order valence-electron chi connectivity index (χ3n) is 2.29. The van der Waals surface area contributed by atoms with E-state index in [1.54, 1.807) is 18.6 Å². The molecule has 2 N–H and O–H groups in total. The number of aromatic amines is 1. The molecule has 0 unspecified atom stereocenters. The summed E-state index contributed by atoms with van der Waals surface area (Å²) in [7, 11) is 0. The van der Waals surface area contributed by atoms with Gasteiger partial charge < -0.3 is 10.3 Å². The maximum absolute atomic E-state index is 11.3. The van der Waals surface area contributed by atoms with E-state index in [2.05, 4.69) is 20.3 Å². The molecule has 0 spiro atoms. The lowest BCUT2D eigenvalue weighted by Gasteiger charge is -2.06. The van der Waals surface area contributed by atoms with Crippen LogP contribution in [0, 0.1) is 6.92 Å². The van der Waals surface area contributed by atoms with Gasteiger partial charge in [0, 0.05) is 31.3 Å². The Morgan fingerprint density at radius 1 is 1.44 bits per heavy atom. The molecule has 16 heavy (non-hydrogen) atoms. The van der Waals surface area contributed by atoms with Gasteiger partial charge >= 0.3 is 0 Å². The third kappa shape index (κ3) is 2.25. The van der Waals surface area contributed by atoms with E-state index in [0.29, 0.717) is 12.4 Å². The monoisotopic (exact) mass is 216 g/mol. The summed E-state index contributed by atoms with van der Waals surface area (Å²) in [4.78, 5) is 21.8. The van der Waals surface area contributed by atoms with Crippen LogP contribution in [0.3, 0.4) is 0 Å². The topological polar surface area (TPSA) is 70.7 Å². The van der Waals surface area contributed by atoms with Crippen molar-refractivity contribution in [2.75, 3.05) is 5.32 Å². The van der Waals surface area contributed by atoms with Gasteiger partial charge in [0.15, 0.2) is 5.82 Å². The predicted molar refractivity (Wildman–Crippen MR) is 61.2 cm³/mol. The Balaban J connectivity index is 2.12. The molecule has 0 aliphatic carbocycles. The largest absolute Gasteiger partial charge is 0.361 e. The van der Waals surface area contributed by atoms with E-state index >= 15 is 0 Å². The van der Waals surface area contributed by atoms with Crippen molar-refractivity contribution >= 4 is 5.82 Å². The van der Waals surface area contributed by atoms with Crippen LogP contribution in [0.4, 0.5) is 5.82 Å². The van der Waals surface area contributed by atoms with Gasteiger partial charge in [-0.3, -0.25) is 9.78 Å². The number of rotatable bonds is 3. The highest BCUT2D eigenvalue weighted by Gasteiger charge is 2.01. The summed E-state index contributed by atoms with van der Waals surface area (Å²) in [6, 6.07) is 1.92. The molecule has 5 heteroatoms. The predicted octanol–water partition coefficient (Wildman–Crippen LogP) is 1.09. The molecule has 0 aromatic carbocycles. The number of pyridine rings is 1. The SMILES string of the molecule is Cc1cnccc1CNc1ncc[nH]c1=O. The molecule has 0 atom stereocenters. The second-order valence-electron chi connectivity index (χ2n) is 3.42. The number of nitrogens with zero attached hydrogens (tertiary/aromatic N) is 2. The van der Waals surface area contributed by atoms with E-state index in [4.69, 9.17) is 0 Å². The fourth-order valence-electron chi connectivity index (χ4n) is 1.36. The molecule has 0 saturated carbocycles. The average Bonchev–Trinajstić information content (AvgIpc) is 2.30. The molecule has 2 heterocycles. The number of hydrogen-bond acceptors (Lipinski definition) is 4. The molecule has 0 aliphatic heterocycles. The highest BCUT2D eigenvalue weighted by atomic mass is 16.1. The van der Waals surface area contributed by atoms with Crippen molar-refractivity contribution in [3.8, 4) is 0 Å². The highest BCUT2D eigenvalue weighted by Crippen LogP contribution is 2.06. The van der Waals surface area contributed by atoms with Crippen LogP contribution in [0.5, 0.6) is 0 Å². The van der Waals surface area contributed by atoms with Crippen LogP contribution in [-0.2, 0) is 6.54 Å². The Kier molecular flexibility index (Phi) is 2.95. The van der Waals surface area contributed by atoms with Gasteiger partial charge in [-0.25, -0.2) is 4.98 Å². The third-order valence-corrected chi connectivity index (χ3v) is 2.29. The van der Waals surface area contributed by atoms with Crippen molar-refractivity contribution in [1.29, 1.82) is 0 Å². The molecular formula is C11H12N4O. The van der Waals surface area contributed by atoms with Crippen LogP contribution >= 0.6 is 0 Å². The van der Waals surface area contributed by atoms with Crippen LogP contribution in [-0.4, -0.2) is 15.0 Å². The molecule has 0 fully saturated rings. The molecule has 2 aromatic rings. The number of nitrogens with one attached hydrogen (secondary N) is 2. The fraction of sp³-hybridized carbons (Fsp3) is 0.182. The summed E-state index contributed by atoms with van der Waals surface area (Å²) in [5, 5.41) is 2.99. The van der Waals surface area contributed by atoms with E-state index in [9.17, 15) is 4.79 Å². The van der Waals surface area contributed by atoms with Crippen molar-refractivity contribution in [3.63, 3.8) is 0 Å². The number of aryl methyl sites for hydroxylation is 1. The second-order valence-corrected chi connectivity index (χ2v) is 3.42. The quantitative estimate of drug-likeness (QED) is 0.805. The van der Waals surface area contributed by atoms with Gasteiger partial charge in [-0.2, -0.15) is 0 Å². The fourth-order valence-corrected chi connectivity index (χ4v) is 1.36. The van der Waals surface area contributed by atoms with Gasteiger partial charge in [0.05, 0.1) is 0 Å². The van der Waals surface area contributed by atoms with Crippen molar-refractivity contribution in [1.82, 2.24) is 15.0 Å². The lowest BCUT2D eigenvalue weighted by Crippen LogP contribution is -2.15. The molecule has 5 nitrogen and oxygen atoms in total. The Morgan fingerprint density at radius 3 is 3.06 bits per heavy atom. The van der Waals surface area contributed by atoms with Gasteiger partial charge in [-0.15, -0.1) is 0 Å². The van der Waals surface area contributed by atoms with Crippen LogP contribution in [0.2, 0.25) is 0 Å². The van der Waals surface area contributed by atoms with Crippen LogP contribution in [0.25, 0.3) is 0 Å². The lowest BCUT2D eigenvalue weighted by atomic mass is 10.1. The summed E-state index contributed by atoms with van der Waals surface area (Å²) in [6.07, 6.45) is 6.57. The molecule has 82 valence electrons. The van der Waals surface area contributed by atoms with Gasteiger partial charge in [0.1, 0.15) is 0 Å². The lowest BCUT2D eigenvalue weighted by molar-refractivity contribution is 1.04. The zero-order valence-corrected chi connectivity index (χ0v) is 8.90. The second kappa shape index (κ2) is 4.57. The van der Waals surface area contributed by atoms with Gasteiger partial charge in [0.25, 0.3) is 5.56 Å². The average molecular weight is 216 g/mol. The number of H-pyrrole nitrogens is 1. The zero-order chi connectivity index (χ0) is 11.4. The summed E-state index contributed by atoms with van der Waals surface area (Å²) in [6.45, 7) is 2.54. The van der Waals surface area contributed by atoms with Crippen LogP contribution in [0.15, 0.2) is 35.6 Å². The maximum Gasteiger partial charge on any atom is 0.290 e. The molecule has 0 aliphatic rings. The zero-order valence-electron chi connectivity index (χ0n) is 8.90. The van der Waals surface area contributed by atoms with Crippen LogP contribution < -0.4 is 10.9 Å². The first-order valence-electron chi connectivity index (χ1n) is 4.94. The maximum atomic E-state index is 11.3. The van der Waals surface area contributed by atoms with Crippen molar-refractivity contribution in [2.45, 2.75) is 13.5 Å². The summed E-state index contributed by atoms with van der Waals surface area (Å²) >= 11 is 0. The smallest absolute Gasteiger partial charge is 0.290 e. The number of hydrogen-bond donors (Lipinski definition) is 2. The Labute approximate surface area is 92.6 Å². The van der Waals surface area contributed by atoms with Crippen LogP contribution in [0.1, 0.15) is 11.1 Å². The van der Waals surface area contributed by atoms with Gasteiger partial charge in [-0.1, -0.05) is 0 Å². The first kappa shape index (κ1) is 10.4. The Hall–Kier alpha value is -2.17. The first-order chi connectivity index (χ1) is 7.77. The van der Waals surface area contributed by atoms with Gasteiger partial charge in [0.2, 0.25) is 0 Å². The number of aromatic nitrogens is 3. The minimum atomic E-state index is -0.214. The first-order valence-corrected chi connectivity index (χ1v) is 4.94. The normalized spacial score (nSPS) is 10.1. The molecule has 0 radical (unpaired) electrons. The van der Waals surface area contributed by atoms with E-state index < -0.39 is 0 Å². The molecule has 0 bridgehead atoms. The molecule has 2 rings (SSSR count). The van der Waals surface area contributed by atoms with E-state index in [0.717, 1.165) is 11.1 Å². The van der Waals surface area contributed by atoms with Crippen molar-refractivity contribution in [3.05, 3.63) is 52.3 Å². The molecular weight excluding hydrogens is 204 g/mol. The van der Waals surface area contributed by atoms with Gasteiger partial charge in [-0.05, 0) is 24.1 Å². The standard InChI is InChI=1S/C11H12N4O/c1-8-6-12-3-2-9(8)7-15-10-11(16)14-5-4-13-10/h2-6H,7H2,1H3,(H,13,15)(H,14,16). The van der Waals surface area contributed by atoms with E-state index in [1.807, 2.05) is 13.0 Å². The summed E-state index contributed by atoms with van der Waals surface area (Å²) in [5.41, 5.74) is 1.97. The van der Waals surface area contributed by atoms with E-state index in [-0.39, 0.29) is 5.56 Å². The molecule has 2 aromatic heterocycles. The molecule has 0 amide bonds. The highest BCUT2D eigenvalue weighted by molar-refractivity contribution is 5.33. The Morgan fingerprint density at radius 2 is 2.31 bits per heavy atom. The summed E-state index contributed by atoms with van der Waals surface area (Å²) < 4.78 is 0. The number of anilines is 1.